The van der Waals surface area contributed by atoms with Gasteiger partial charge in [0.1, 0.15) is 0 Å². The Morgan fingerprint density at radius 3 is 1.45 bits per heavy atom. The molecule has 0 saturated carbocycles. The van der Waals surface area contributed by atoms with Crippen LogP contribution in [-0.2, 0) is 0 Å². The van der Waals surface area contributed by atoms with Gasteiger partial charge in [-0.1, -0.05) is 0 Å². The fourth-order valence-electron chi connectivity index (χ4n) is 1.61. The van der Waals surface area contributed by atoms with Crippen LogP contribution < -0.4 is 0 Å². The lowest BCUT2D eigenvalue weighted by atomic mass is 10.2. The summed E-state index contributed by atoms with van der Waals surface area (Å²) in [6.45, 7) is 9.65. The van der Waals surface area contributed by atoms with E-state index < -0.39 is 0 Å². The summed E-state index contributed by atoms with van der Waals surface area (Å²) in [6, 6.07) is 0.0387. The van der Waals surface area contributed by atoms with E-state index in [4.69, 9.17) is 11.1 Å². The molecular weight excluding hydrogens is 278 g/mol. The highest BCUT2D eigenvalue weighted by Gasteiger charge is 2.08. The molecule has 4 atom stereocenters. The minimum Gasteiger partial charge on any atom is -0.306 e. The van der Waals surface area contributed by atoms with Gasteiger partial charge in [-0.3, -0.25) is 9.98 Å². The molecule has 0 saturated heterocycles. The first-order chi connectivity index (χ1) is 10.4. The summed E-state index contributed by atoms with van der Waals surface area (Å²) >= 11 is 0. The molecule has 126 valence electrons. The Hall–Kier alpha value is -1.50. The maximum absolute atomic E-state index is 6.97. The predicted octanol–water partition coefficient (Wildman–Crippen LogP) is 3.46. The van der Waals surface area contributed by atoms with Crippen molar-refractivity contribution in [1.29, 1.82) is 11.1 Å². The fourth-order valence-corrected chi connectivity index (χ4v) is 1.61. The second kappa shape index (κ2) is 12.1. The minimum atomic E-state index is -0.0509. The maximum Gasteiger partial charge on any atom is 0.0897 e. The van der Waals surface area contributed by atoms with Crippen molar-refractivity contribution in [2.75, 3.05) is 20.1 Å². The summed E-state index contributed by atoms with van der Waals surface area (Å²) < 4.78 is 0. The van der Waals surface area contributed by atoms with Crippen molar-refractivity contribution in [2.24, 2.45) is 20.2 Å². The van der Waals surface area contributed by atoms with Crippen molar-refractivity contribution in [1.82, 2.24) is 4.90 Å². The van der Waals surface area contributed by atoms with Gasteiger partial charge >= 0.3 is 0 Å². The molecular formula is C15H31N7. The normalized spacial score (nSPS) is 17.7. The van der Waals surface area contributed by atoms with Crippen molar-refractivity contribution in [3.63, 3.8) is 0 Å². The number of rotatable bonds is 12. The van der Waals surface area contributed by atoms with E-state index >= 15 is 0 Å². The van der Waals surface area contributed by atoms with Crippen LogP contribution >= 0.6 is 0 Å². The summed E-state index contributed by atoms with van der Waals surface area (Å²) in [4.78, 5) is 11.0. The highest BCUT2D eigenvalue weighted by molar-refractivity contribution is 5.58. The number of hydrogen-bond acceptors (Lipinski definition) is 7. The predicted molar refractivity (Wildman–Crippen MR) is 91.9 cm³/mol. The van der Waals surface area contributed by atoms with E-state index in [2.05, 4.69) is 32.2 Å². The van der Waals surface area contributed by atoms with Gasteiger partial charge in [0.05, 0.1) is 24.2 Å². The van der Waals surface area contributed by atoms with Crippen molar-refractivity contribution >= 4 is 12.4 Å². The van der Waals surface area contributed by atoms with E-state index in [1.807, 2.05) is 40.1 Å². The number of aliphatic imine (C=N–C) groups is 2. The molecule has 7 heteroatoms. The topological polar surface area (TPSA) is 100 Å². The van der Waals surface area contributed by atoms with Crippen LogP contribution in [0.15, 0.2) is 20.2 Å². The van der Waals surface area contributed by atoms with Gasteiger partial charge in [-0.25, -0.2) is 11.1 Å². The molecule has 2 N–H and O–H groups in total. The molecule has 0 aliphatic rings. The van der Waals surface area contributed by atoms with Crippen LogP contribution in [0.4, 0.5) is 0 Å². The first-order valence-electron chi connectivity index (χ1n) is 7.87. The average molecular weight is 309 g/mol. The van der Waals surface area contributed by atoms with Crippen LogP contribution in [0.2, 0.25) is 0 Å². The van der Waals surface area contributed by atoms with Gasteiger partial charge in [-0.2, -0.15) is 10.2 Å². The number of hydrogen-bond donors (Lipinski definition) is 2. The zero-order valence-corrected chi connectivity index (χ0v) is 14.5. The molecule has 0 aromatic heterocycles. The Labute approximate surface area is 134 Å². The highest BCUT2D eigenvalue weighted by Crippen LogP contribution is 2.02. The van der Waals surface area contributed by atoms with Crippen molar-refractivity contribution < 1.29 is 0 Å². The van der Waals surface area contributed by atoms with Crippen LogP contribution in [0.1, 0.15) is 40.5 Å². The molecule has 0 heterocycles. The first-order valence-corrected chi connectivity index (χ1v) is 7.87. The fraction of sp³-hybridized carbons (Fsp3) is 0.867. The standard InChI is InChI=1S/C15H31N7/c1-12(14(3)20-16)18-8-6-10-22(5)11-7-9-19-13(2)15(4)21-17/h8-9,12-17H,6-7,10-11H2,1-5H3. The molecule has 0 rings (SSSR count). The first kappa shape index (κ1) is 20.5. The van der Waals surface area contributed by atoms with Crippen LogP contribution in [0.3, 0.4) is 0 Å². The van der Waals surface area contributed by atoms with Gasteiger partial charge < -0.3 is 4.90 Å². The SMILES string of the molecule is CC(N=N)C(C)N=CCCN(C)CCC=NC(C)C(C)N=N. The van der Waals surface area contributed by atoms with Crippen molar-refractivity contribution in [3.8, 4) is 0 Å². The third kappa shape index (κ3) is 9.44. The monoisotopic (exact) mass is 309 g/mol. The molecule has 0 aromatic rings. The Kier molecular flexibility index (Phi) is 11.3. The Balaban J connectivity index is 3.85. The van der Waals surface area contributed by atoms with E-state index in [0.29, 0.717) is 0 Å². The van der Waals surface area contributed by atoms with Crippen LogP contribution in [0, 0.1) is 11.1 Å². The largest absolute Gasteiger partial charge is 0.306 e. The molecule has 4 unspecified atom stereocenters. The van der Waals surface area contributed by atoms with Gasteiger partial charge in [-0.15, -0.1) is 0 Å². The van der Waals surface area contributed by atoms with E-state index in [9.17, 15) is 0 Å². The van der Waals surface area contributed by atoms with Gasteiger partial charge in [0.25, 0.3) is 0 Å². The summed E-state index contributed by atoms with van der Waals surface area (Å²) in [5.41, 5.74) is 13.9. The third-order valence-electron chi connectivity index (χ3n) is 3.76. The molecule has 0 aromatic carbocycles. The maximum atomic E-state index is 6.97. The minimum absolute atomic E-state index is 0.0509. The van der Waals surface area contributed by atoms with Gasteiger partial charge in [0.15, 0.2) is 0 Å². The van der Waals surface area contributed by atoms with E-state index in [-0.39, 0.29) is 24.2 Å². The number of nitrogens with one attached hydrogen (secondary N) is 2. The van der Waals surface area contributed by atoms with Gasteiger partial charge in [0.2, 0.25) is 0 Å². The number of nitrogens with zero attached hydrogens (tertiary/aromatic N) is 5. The molecule has 0 amide bonds. The molecule has 7 nitrogen and oxygen atoms in total. The summed E-state index contributed by atoms with van der Waals surface area (Å²) in [5, 5.41) is 6.96. The molecule has 22 heavy (non-hydrogen) atoms. The molecule has 0 fully saturated rings. The van der Waals surface area contributed by atoms with Crippen LogP contribution in [0.25, 0.3) is 0 Å². The molecule has 0 aliphatic carbocycles. The van der Waals surface area contributed by atoms with Crippen LogP contribution in [-0.4, -0.2) is 61.6 Å². The summed E-state index contributed by atoms with van der Waals surface area (Å²) in [7, 11) is 2.08. The van der Waals surface area contributed by atoms with E-state index in [0.717, 1.165) is 25.9 Å². The zero-order chi connectivity index (χ0) is 17.0. The second-order valence-corrected chi connectivity index (χ2v) is 5.76. The lowest BCUT2D eigenvalue weighted by Crippen LogP contribution is -2.22. The van der Waals surface area contributed by atoms with Crippen molar-refractivity contribution in [2.45, 2.75) is 64.7 Å². The zero-order valence-electron chi connectivity index (χ0n) is 14.5. The van der Waals surface area contributed by atoms with Gasteiger partial charge in [-0.05, 0) is 47.6 Å². The lowest BCUT2D eigenvalue weighted by Gasteiger charge is -2.14. The molecule has 0 aliphatic heterocycles. The Bertz CT molecular complexity index is 333. The Morgan fingerprint density at radius 2 is 1.14 bits per heavy atom. The third-order valence-corrected chi connectivity index (χ3v) is 3.76. The highest BCUT2D eigenvalue weighted by atomic mass is 15.1. The second-order valence-electron chi connectivity index (χ2n) is 5.76. The molecule has 0 spiro atoms. The quantitative estimate of drug-likeness (QED) is 0.418. The van der Waals surface area contributed by atoms with Crippen LogP contribution in [0.5, 0.6) is 0 Å². The summed E-state index contributed by atoms with van der Waals surface area (Å²) in [5.74, 6) is 0. The average Bonchev–Trinajstić information content (AvgIpc) is 2.53. The van der Waals surface area contributed by atoms with Gasteiger partial charge in [0, 0.05) is 25.5 Å². The van der Waals surface area contributed by atoms with E-state index in [1.54, 1.807) is 0 Å². The van der Waals surface area contributed by atoms with E-state index in [1.165, 1.54) is 0 Å². The lowest BCUT2D eigenvalue weighted by molar-refractivity contribution is 0.356. The molecule has 0 bridgehead atoms. The molecule has 0 radical (unpaired) electrons. The smallest absolute Gasteiger partial charge is 0.0897 e. The van der Waals surface area contributed by atoms with Crippen molar-refractivity contribution in [3.05, 3.63) is 0 Å². The Morgan fingerprint density at radius 1 is 0.773 bits per heavy atom. The summed E-state index contributed by atoms with van der Waals surface area (Å²) in [6.07, 6.45) is 5.65.